The molecule has 1 atom stereocenters. The van der Waals surface area contributed by atoms with Gasteiger partial charge in [0, 0.05) is 24.7 Å². The lowest BCUT2D eigenvalue weighted by molar-refractivity contribution is -0.124. The molecule has 19 heavy (non-hydrogen) atoms. The molecular weight excluding hydrogens is 242 g/mol. The Balaban J connectivity index is 1.86. The molecule has 0 bridgehead atoms. The standard InChI is InChI=1S/C14H19N3O2/c1-9(8-15)14(19)16-5-4-10-2-3-12-11(6-10)7-13(18)17-12/h2-3,6,9H,4-5,7-8,15H2,1H3,(H,16,19)(H,17,18). The molecule has 0 aliphatic carbocycles. The lowest BCUT2D eigenvalue weighted by atomic mass is 10.1. The first-order valence-electron chi connectivity index (χ1n) is 6.49. The molecule has 1 heterocycles. The number of fused-ring (bicyclic) bond motifs is 1. The van der Waals surface area contributed by atoms with Crippen LogP contribution < -0.4 is 16.4 Å². The first-order chi connectivity index (χ1) is 9.10. The van der Waals surface area contributed by atoms with Crippen LogP contribution in [0.1, 0.15) is 18.1 Å². The first kappa shape index (κ1) is 13.5. The Kier molecular flexibility index (Phi) is 4.16. The quantitative estimate of drug-likeness (QED) is 0.719. The van der Waals surface area contributed by atoms with Gasteiger partial charge in [0.2, 0.25) is 11.8 Å². The lowest BCUT2D eigenvalue weighted by Gasteiger charge is -2.10. The van der Waals surface area contributed by atoms with Gasteiger partial charge in [-0.1, -0.05) is 19.1 Å². The number of hydrogen-bond acceptors (Lipinski definition) is 3. The average Bonchev–Trinajstić information content (AvgIpc) is 2.77. The SMILES string of the molecule is CC(CN)C(=O)NCCc1ccc2c(c1)CC(=O)N2. The molecule has 1 aliphatic rings. The maximum atomic E-state index is 11.5. The smallest absolute Gasteiger partial charge is 0.228 e. The second kappa shape index (κ2) is 5.84. The monoisotopic (exact) mass is 261 g/mol. The highest BCUT2D eigenvalue weighted by atomic mass is 16.2. The van der Waals surface area contributed by atoms with E-state index in [2.05, 4.69) is 10.6 Å². The van der Waals surface area contributed by atoms with Crippen LogP contribution in [-0.2, 0) is 22.4 Å². The van der Waals surface area contributed by atoms with E-state index in [1.807, 2.05) is 25.1 Å². The van der Waals surface area contributed by atoms with Gasteiger partial charge in [0.25, 0.3) is 0 Å². The van der Waals surface area contributed by atoms with Crippen molar-refractivity contribution in [3.8, 4) is 0 Å². The van der Waals surface area contributed by atoms with Crippen LogP contribution in [0.3, 0.4) is 0 Å². The number of anilines is 1. The summed E-state index contributed by atoms with van der Waals surface area (Å²) in [7, 11) is 0. The minimum absolute atomic E-state index is 0.0134. The number of carbonyl (C=O) groups excluding carboxylic acids is 2. The van der Waals surface area contributed by atoms with E-state index in [0.717, 1.165) is 23.2 Å². The van der Waals surface area contributed by atoms with Crippen molar-refractivity contribution >= 4 is 17.5 Å². The summed E-state index contributed by atoms with van der Waals surface area (Å²) in [4.78, 5) is 22.8. The van der Waals surface area contributed by atoms with E-state index < -0.39 is 0 Å². The Labute approximate surface area is 112 Å². The largest absolute Gasteiger partial charge is 0.355 e. The second-order valence-electron chi connectivity index (χ2n) is 4.89. The predicted molar refractivity (Wildman–Crippen MR) is 73.7 cm³/mol. The van der Waals surface area contributed by atoms with Crippen molar-refractivity contribution in [2.24, 2.45) is 11.7 Å². The zero-order chi connectivity index (χ0) is 13.8. The van der Waals surface area contributed by atoms with Crippen LogP contribution in [0.5, 0.6) is 0 Å². The number of hydrogen-bond donors (Lipinski definition) is 3. The fraction of sp³-hybridized carbons (Fsp3) is 0.429. The van der Waals surface area contributed by atoms with E-state index in [0.29, 0.717) is 19.5 Å². The first-order valence-corrected chi connectivity index (χ1v) is 6.49. The molecule has 0 saturated heterocycles. The highest BCUT2D eigenvalue weighted by Gasteiger charge is 2.17. The topological polar surface area (TPSA) is 84.2 Å². The van der Waals surface area contributed by atoms with Crippen LogP contribution in [0.2, 0.25) is 0 Å². The number of rotatable bonds is 5. The summed E-state index contributed by atoms with van der Waals surface area (Å²) in [5, 5.41) is 5.66. The Bertz CT molecular complexity index is 499. The van der Waals surface area contributed by atoms with Crippen molar-refractivity contribution in [1.29, 1.82) is 0 Å². The van der Waals surface area contributed by atoms with Crippen LogP contribution >= 0.6 is 0 Å². The third-order valence-electron chi connectivity index (χ3n) is 3.31. The van der Waals surface area contributed by atoms with E-state index in [9.17, 15) is 9.59 Å². The van der Waals surface area contributed by atoms with Gasteiger partial charge in [-0.25, -0.2) is 0 Å². The Hall–Kier alpha value is -1.88. The van der Waals surface area contributed by atoms with Crippen LogP contribution in [-0.4, -0.2) is 24.9 Å². The predicted octanol–water partition coefficient (Wildman–Crippen LogP) is 0.435. The molecule has 1 unspecified atom stereocenters. The van der Waals surface area contributed by atoms with Gasteiger partial charge in [0.1, 0.15) is 0 Å². The molecule has 0 aromatic heterocycles. The number of nitrogens with two attached hydrogens (primary N) is 1. The number of nitrogens with one attached hydrogen (secondary N) is 2. The van der Waals surface area contributed by atoms with E-state index in [1.165, 1.54) is 0 Å². The van der Waals surface area contributed by atoms with Crippen molar-refractivity contribution in [2.45, 2.75) is 19.8 Å². The van der Waals surface area contributed by atoms with Gasteiger partial charge in [-0.2, -0.15) is 0 Å². The highest BCUT2D eigenvalue weighted by Crippen LogP contribution is 2.23. The average molecular weight is 261 g/mol. The van der Waals surface area contributed by atoms with E-state index >= 15 is 0 Å². The molecule has 2 amide bonds. The van der Waals surface area contributed by atoms with Gasteiger partial charge in [0.05, 0.1) is 6.42 Å². The minimum Gasteiger partial charge on any atom is -0.355 e. The number of carbonyl (C=O) groups is 2. The summed E-state index contributed by atoms with van der Waals surface area (Å²) in [6.07, 6.45) is 1.20. The summed E-state index contributed by atoms with van der Waals surface area (Å²) < 4.78 is 0. The fourth-order valence-electron chi connectivity index (χ4n) is 2.05. The number of amides is 2. The zero-order valence-electron chi connectivity index (χ0n) is 11.0. The van der Waals surface area contributed by atoms with Crippen LogP contribution in [0, 0.1) is 5.92 Å². The van der Waals surface area contributed by atoms with Crippen molar-refractivity contribution in [3.05, 3.63) is 29.3 Å². The summed E-state index contributed by atoms with van der Waals surface area (Å²) in [5.74, 6) is -0.125. The molecule has 0 saturated carbocycles. The lowest BCUT2D eigenvalue weighted by Crippen LogP contribution is -2.34. The Morgan fingerprint density at radius 2 is 2.32 bits per heavy atom. The van der Waals surface area contributed by atoms with Gasteiger partial charge in [-0.15, -0.1) is 0 Å². The molecule has 5 nitrogen and oxygen atoms in total. The second-order valence-corrected chi connectivity index (χ2v) is 4.89. The molecule has 1 aliphatic heterocycles. The molecule has 0 spiro atoms. The normalized spacial score (nSPS) is 14.7. The summed E-state index contributed by atoms with van der Waals surface area (Å²) in [5.41, 5.74) is 8.48. The van der Waals surface area contributed by atoms with Gasteiger partial charge in [-0.05, 0) is 23.6 Å². The molecule has 1 aromatic rings. The van der Waals surface area contributed by atoms with Gasteiger partial charge < -0.3 is 16.4 Å². The van der Waals surface area contributed by atoms with E-state index in [1.54, 1.807) is 0 Å². The van der Waals surface area contributed by atoms with E-state index in [-0.39, 0.29) is 17.7 Å². The Morgan fingerprint density at radius 3 is 3.05 bits per heavy atom. The fourth-order valence-corrected chi connectivity index (χ4v) is 2.05. The summed E-state index contributed by atoms with van der Waals surface area (Å²) in [6, 6.07) is 5.91. The minimum atomic E-state index is -0.151. The third-order valence-corrected chi connectivity index (χ3v) is 3.31. The van der Waals surface area contributed by atoms with Crippen molar-refractivity contribution < 1.29 is 9.59 Å². The van der Waals surface area contributed by atoms with Gasteiger partial charge >= 0.3 is 0 Å². The maximum absolute atomic E-state index is 11.5. The zero-order valence-corrected chi connectivity index (χ0v) is 11.0. The maximum Gasteiger partial charge on any atom is 0.228 e. The molecular formula is C14H19N3O2. The van der Waals surface area contributed by atoms with Crippen molar-refractivity contribution in [2.75, 3.05) is 18.4 Å². The Morgan fingerprint density at radius 1 is 1.53 bits per heavy atom. The molecule has 102 valence electrons. The van der Waals surface area contributed by atoms with Crippen LogP contribution in [0.25, 0.3) is 0 Å². The van der Waals surface area contributed by atoms with Gasteiger partial charge in [-0.3, -0.25) is 9.59 Å². The third kappa shape index (κ3) is 3.32. The molecule has 0 radical (unpaired) electrons. The molecule has 0 fully saturated rings. The summed E-state index contributed by atoms with van der Waals surface area (Å²) >= 11 is 0. The summed E-state index contributed by atoms with van der Waals surface area (Å²) in [6.45, 7) is 2.75. The van der Waals surface area contributed by atoms with E-state index in [4.69, 9.17) is 5.73 Å². The van der Waals surface area contributed by atoms with Gasteiger partial charge in [0.15, 0.2) is 0 Å². The number of benzene rings is 1. The van der Waals surface area contributed by atoms with Crippen LogP contribution in [0.4, 0.5) is 5.69 Å². The molecule has 1 aromatic carbocycles. The van der Waals surface area contributed by atoms with Crippen LogP contribution in [0.15, 0.2) is 18.2 Å². The molecule has 4 N–H and O–H groups in total. The highest BCUT2D eigenvalue weighted by molar-refractivity contribution is 5.99. The van der Waals surface area contributed by atoms with Crippen molar-refractivity contribution in [1.82, 2.24) is 5.32 Å². The van der Waals surface area contributed by atoms with Crippen molar-refractivity contribution in [3.63, 3.8) is 0 Å². The molecule has 5 heteroatoms. The molecule has 2 rings (SSSR count).